The molecule has 1 saturated heterocycles. The van der Waals surface area contributed by atoms with Crippen LogP contribution in [0.1, 0.15) is 23.3 Å². The second kappa shape index (κ2) is 11.2. The quantitative estimate of drug-likeness (QED) is 0.394. The maximum atomic E-state index is 13.8. The van der Waals surface area contributed by atoms with Gasteiger partial charge in [-0.25, -0.2) is 9.38 Å². The van der Waals surface area contributed by atoms with Crippen LogP contribution < -0.4 is 5.32 Å². The van der Waals surface area contributed by atoms with Crippen LogP contribution in [-0.2, 0) is 10.9 Å². The summed E-state index contributed by atoms with van der Waals surface area (Å²) in [7, 11) is 3.72. The van der Waals surface area contributed by atoms with Gasteiger partial charge in [0.2, 0.25) is 0 Å². The number of hydrogen-bond acceptors (Lipinski definition) is 6. The first-order valence-electron chi connectivity index (χ1n) is 10.1. The highest BCUT2D eigenvalue weighted by molar-refractivity contribution is 7.16. The Labute approximate surface area is 206 Å². The van der Waals surface area contributed by atoms with E-state index in [1.165, 1.54) is 12.1 Å². The second-order valence-electron chi connectivity index (χ2n) is 7.79. The van der Waals surface area contributed by atoms with Gasteiger partial charge in [0.15, 0.2) is 0 Å². The van der Waals surface area contributed by atoms with Crippen LogP contribution in [0.15, 0.2) is 29.3 Å². The number of fused-ring (bicyclic) bond motifs is 2. The smallest absolute Gasteiger partial charge is 0.385 e. The van der Waals surface area contributed by atoms with Crippen LogP contribution in [0.3, 0.4) is 0 Å². The largest absolute Gasteiger partial charge is 0.425 e. The van der Waals surface area contributed by atoms with E-state index in [2.05, 4.69) is 17.3 Å². The van der Waals surface area contributed by atoms with Crippen molar-refractivity contribution in [2.24, 2.45) is 4.99 Å². The van der Waals surface area contributed by atoms with Gasteiger partial charge in [0.05, 0.1) is 16.9 Å². The molecule has 12 heteroatoms. The molecule has 5 nitrogen and oxygen atoms in total. The lowest BCUT2D eigenvalue weighted by Gasteiger charge is -2.41. The molecule has 3 heterocycles. The topological polar surface area (TPSA) is 40.1 Å². The molecule has 1 N–H and O–H groups in total. The van der Waals surface area contributed by atoms with Crippen molar-refractivity contribution in [1.29, 1.82) is 0 Å². The van der Waals surface area contributed by atoms with E-state index >= 15 is 0 Å². The number of likely N-dealkylation sites (N-methyl/N-ethyl adjacent to an activating group) is 1. The predicted octanol–water partition coefficient (Wildman–Crippen LogP) is 5.93. The number of amidine groups is 1. The Morgan fingerprint density at radius 3 is 2.67 bits per heavy atom. The van der Waals surface area contributed by atoms with Crippen LogP contribution in [0.25, 0.3) is 0 Å². The lowest BCUT2D eigenvalue weighted by molar-refractivity contribution is -0.134. The summed E-state index contributed by atoms with van der Waals surface area (Å²) in [4.78, 5) is 8.31. The standard InChI is InChI=1S/C21H24F4N4OS.2ClH/c1-28-7-8-29(12-14(28)4-3-9-30-2)19-15-11-18(21(23,24)25)31-20(15)27-17-10-13(22)5-6-16(17)26-19;;/h5-6,10-11,14,27H,3-4,7-9,12H2,1-2H3;2*1H/t14-;;/m0../s1. The highest BCUT2D eigenvalue weighted by atomic mass is 35.5. The summed E-state index contributed by atoms with van der Waals surface area (Å²) in [5.74, 6) is 0.0151. The van der Waals surface area contributed by atoms with Crippen molar-refractivity contribution in [3.05, 3.63) is 40.5 Å². The number of thiophene rings is 1. The van der Waals surface area contributed by atoms with Gasteiger partial charge in [-0.2, -0.15) is 13.2 Å². The third kappa shape index (κ3) is 6.10. The summed E-state index contributed by atoms with van der Waals surface area (Å²) in [5, 5.41) is 3.30. The van der Waals surface area contributed by atoms with Gasteiger partial charge in [-0.15, -0.1) is 36.2 Å². The number of benzene rings is 1. The molecular formula is C21H26Cl2F4N4OS. The third-order valence-electron chi connectivity index (χ3n) is 5.65. The molecule has 0 saturated carbocycles. The number of ether oxygens (including phenoxy) is 1. The molecule has 0 aliphatic carbocycles. The molecule has 2 aliphatic heterocycles. The van der Waals surface area contributed by atoms with Gasteiger partial charge in [0.25, 0.3) is 0 Å². The molecule has 33 heavy (non-hydrogen) atoms. The van der Waals surface area contributed by atoms with Gasteiger partial charge in [-0.05, 0) is 44.2 Å². The fourth-order valence-electron chi connectivity index (χ4n) is 3.95. The zero-order chi connectivity index (χ0) is 22.2. The summed E-state index contributed by atoms with van der Waals surface area (Å²) < 4.78 is 59.3. The summed E-state index contributed by atoms with van der Waals surface area (Å²) in [6.45, 7) is 2.72. The Hall–Kier alpha value is -1.59. The van der Waals surface area contributed by atoms with Gasteiger partial charge in [0.1, 0.15) is 21.5 Å². The Balaban J connectivity index is 0.00000193. The van der Waals surface area contributed by atoms with E-state index in [4.69, 9.17) is 9.73 Å². The molecule has 1 atom stereocenters. The molecule has 1 fully saturated rings. The monoisotopic (exact) mass is 528 g/mol. The molecule has 2 aromatic rings. The molecule has 0 radical (unpaired) electrons. The van der Waals surface area contributed by atoms with Gasteiger partial charge in [0, 0.05) is 39.4 Å². The van der Waals surface area contributed by atoms with Crippen molar-refractivity contribution in [3.8, 4) is 0 Å². The predicted molar refractivity (Wildman–Crippen MR) is 129 cm³/mol. The SMILES string of the molecule is COCCC[C@H]1CN(C2=Nc3ccc(F)cc3Nc3sc(C(F)(F)F)cc32)CCN1C.Cl.Cl. The minimum atomic E-state index is -4.46. The van der Waals surface area contributed by atoms with Crippen molar-refractivity contribution < 1.29 is 22.3 Å². The molecule has 0 spiro atoms. The first-order chi connectivity index (χ1) is 14.8. The molecule has 0 bridgehead atoms. The maximum Gasteiger partial charge on any atom is 0.425 e. The van der Waals surface area contributed by atoms with Crippen molar-refractivity contribution >= 4 is 58.4 Å². The lowest BCUT2D eigenvalue weighted by atomic mass is 10.1. The molecule has 4 rings (SSSR count). The molecule has 1 aromatic heterocycles. The third-order valence-corrected chi connectivity index (χ3v) is 6.74. The number of alkyl halides is 3. The van der Waals surface area contributed by atoms with E-state index in [1.54, 1.807) is 13.2 Å². The van der Waals surface area contributed by atoms with Crippen molar-refractivity contribution in [1.82, 2.24) is 9.80 Å². The highest BCUT2D eigenvalue weighted by Gasteiger charge is 2.37. The van der Waals surface area contributed by atoms with E-state index in [9.17, 15) is 17.6 Å². The van der Waals surface area contributed by atoms with Crippen LogP contribution >= 0.6 is 36.2 Å². The van der Waals surface area contributed by atoms with E-state index in [-0.39, 0.29) is 30.9 Å². The second-order valence-corrected chi connectivity index (χ2v) is 8.84. The highest BCUT2D eigenvalue weighted by Crippen LogP contribution is 2.44. The van der Waals surface area contributed by atoms with Crippen LogP contribution in [-0.4, -0.2) is 62.1 Å². The Morgan fingerprint density at radius 1 is 1.21 bits per heavy atom. The Bertz CT molecular complexity index is 986. The fourth-order valence-corrected chi connectivity index (χ4v) is 4.88. The van der Waals surface area contributed by atoms with E-state index in [1.807, 2.05) is 4.90 Å². The summed E-state index contributed by atoms with van der Waals surface area (Å²) in [5.41, 5.74) is 1.26. The number of halogens is 6. The maximum absolute atomic E-state index is 13.8. The van der Waals surface area contributed by atoms with Crippen LogP contribution in [0, 0.1) is 5.82 Å². The van der Waals surface area contributed by atoms with Crippen molar-refractivity contribution in [2.45, 2.75) is 25.1 Å². The summed E-state index contributed by atoms with van der Waals surface area (Å²) in [6, 6.07) is 5.49. The Kier molecular flexibility index (Phi) is 9.41. The molecule has 2 aliphatic rings. The first kappa shape index (κ1) is 27.7. The first-order valence-corrected chi connectivity index (χ1v) is 10.9. The summed E-state index contributed by atoms with van der Waals surface area (Å²) in [6.07, 6.45) is -2.64. The van der Waals surface area contributed by atoms with Gasteiger partial charge in [-0.3, -0.25) is 4.90 Å². The van der Waals surface area contributed by atoms with Crippen LogP contribution in [0.4, 0.5) is 33.9 Å². The minimum Gasteiger partial charge on any atom is -0.385 e. The number of hydrogen-bond donors (Lipinski definition) is 1. The molecular weight excluding hydrogens is 503 g/mol. The van der Waals surface area contributed by atoms with Gasteiger partial charge < -0.3 is 15.0 Å². The number of anilines is 2. The summed E-state index contributed by atoms with van der Waals surface area (Å²) >= 11 is 0.618. The fraction of sp³-hybridized carbons (Fsp3) is 0.476. The molecule has 0 amide bonds. The van der Waals surface area contributed by atoms with Crippen molar-refractivity contribution in [2.75, 3.05) is 45.7 Å². The van der Waals surface area contributed by atoms with Crippen LogP contribution in [0.5, 0.6) is 0 Å². The number of nitrogens with one attached hydrogen (secondary N) is 1. The number of nitrogens with zero attached hydrogens (tertiary/aromatic N) is 3. The normalized spacial score (nSPS) is 18.2. The molecule has 1 aromatic carbocycles. The van der Waals surface area contributed by atoms with E-state index < -0.39 is 16.9 Å². The lowest BCUT2D eigenvalue weighted by Crippen LogP contribution is -2.53. The number of piperazine rings is 1. The average molecular weight is 529 g/mol. The molecule has 0 unspecified atom stereocenters. The molecule has 184 valence electrons. The zero-order valence-corrected chi connectivity index (χ0v) is 20.6. The van der Waals surface area contributed by atoms with Crippen LogP contribution in [0.2, 0.25) is 0 Å². The average Bonchev–Trinajstić information content (AvgIpc) is 3.07. The van der Waals surface area contributed by atoms with Gasteiger partial charge in [-0.1, -0.05) is 0 Å². The van der Waals surface area contributed by atoms with Crippen molar-refractivity contribution in [3.63, 3.8) is 0 Å². The minimum absolute atomic E-state index is 0. The number of aliphatic imine (C=N–C) groups is 1. The zero-order valence-electron chi connectivity index (χ0n) is 18.1. The number of methoxy groups -OCH3 is 1. The van der Waals surface area contributed by atoms with E-state index in [0.717, 1.165) is 25.5 Å². The van der Waals surface area contributed by atoms with Gasteiger partial charge >= 0.3 is 6.18 Å². The Morgan fingerprint density at radius 2 is 1.97 bits per heavy atom. The van der Waals surface area contributed by atoms with E-state index in [0.29, 0.717) is 58.8 Å². The number of rotatable bonds is 4.